The molecule has 1 saturated heterocycles. The number of aromatic nitrogens is 2. The number of carbonyl (C=O) groups excluding carboxylic acids is 1. The van der Waals surface area contributed by atoms with E-state index in [4.69, 9.17) is 0 Å². The average molecular weight is 391 g/mol. The normalized spacial score (nSPS) is 14.0. The highest BCUT2D eigenvalue weighted by atomic mass is 19.1. The summed E-state index contributed by atoms with van der Waals surface area (Å²) >= 11 is 0. The Hall–Kier alpha value is -3.48. The average Bonchev–Trinajstić information content (AvgIpc) is 2.77. The smallest absolute Gasteiger partial charge is 0.228 e. The topological polar surface area (TPSA) is 61.4 Å². The molecule has 29 heavy (non-hydrogen) atoms. The van der Waals surface area contributed by atoms with Crippen LogP contribution in [0.25, 0.3) is 0 Å². The summed E-state index contributed by atoms with van der Waals surface area (Å²) in [5, 5.41) is 2.72. The number of hydrogen-bond acceptors (Lipinski definition) is 5. The van der Waals surface area contributed by atoms with Crippen LogP contribution in [0.2, 0.25) is 0 Å². The molecule has 1 fully saturated rings. The molecule has 2 heterocycles. The van der Waals surface area contributed by atoms with Gasteiger partial charge >= 0.3 is 0 Å². The fraction of sp³-hybridized carbons (Fsp3) is 0.227. The Morgan fingerprint density at radius 3 is 2.21 bits per heavy atom. The standard InChI is InChI=1S/C22H22FN5O/c23-20-9-5-4-6-17(20)14-21(29)26-18-15-24-22(25-16-18)28-12-10-27(11-13-28)19-7-2-1-3-8-19/h1-9,15-16H,10-14H2,(H,26,29). The first-order chi connectivity index (χ1) is 14.2. The lowest BCUT2D eigenvalue weighted by Gasteiger charge is -2.36. The first kappa shape index (κ1) is 18.9. The number of halogens is 1. The van der Waals surface area contributed by atoms with Gasteiger partial charge in [-0.25, -0.2) is 14.4 Å². The van der Waals surface area contributed by atoms with Crippen LogP contribution in [0, 0.1) is 5.82 Å². The van der Waals surface area contributed by atoms with Gasteiger partial charge in [0, 0.05) is 31.9 Å². The largest absolute Gasteiger partial charge is 0.368 e. The van der Waals surface area contributed by atoms with Gasteiger partial charge in [-0.15, -0.1) is 0 Å². The third kappa shape index (κ3) is 4.68. The molecule has 0 spiro atoms. The van der Waals surface area contributed by atoms with Crippen molar-refractivity contribution in [2.75, 3.05) is 41.3 Å². The van der Waals surface area contributed by atoms with E-state index in [1.54, 1.807) is 30.6 Å². The second kappa shape index (κ2) is 8.68. The maximum absolute atomic E-state index is 13.7. The van der Waals surface area contributed by atoms with Gasteiger partial charge < -0.3 is 15.1 Å². The van der Waals surface area contributed by atoms with E-state index >= 15 is 0 Å². The van der Waals surface area contributed by atoms with Gasteiger partial charge in [-0.05, 0) is 23.8 Å². The third-order valence-corrected chi connectivity index (χ3v) is 4.91. The van der Waals surface area contributed by atoms with Gasteiger partial charge in [0.15, 0.2) is 0 Å². The fourth-order valence-corrected chi connectivity index (χ4v) is 3.37. The van der Waals surface area contributed by atoms with E-state index in [-0.39, 0.29) is 18.1 Å². The van der Waals surface area contributed by atoms with Gasteiger partial charge in [-0.2, -0.15) is 0 Å². The highest BCUT2D eigenvalue weighted by Gasteiger charge is 2.19. The first-order valence-electron chi connectivity index (χ1n) is 9.59. The van der Waals surface area contributed by atoms with Crippen LogP contribution in [0.5, 0.6) is 0 Å². The van der Waals surface area contributed by atoms with E-state index in [2.05, 4.69) is 37.2 Å². The van der Waals surface area contributed by atoms with E-state index in [0.29, 0.717) is 17.2 Å². The van der Waals surface area contributed by atoms with E-state index < -0.39 is 0 Å². The van der Waals surface area contributed by atoms with Crippen LogP contribution in [0.15, 0.2) is 67.0 Å². The quantitative estimate of drug-likeness (QED) is 0.724. The van der Waals surface area contributed by atoms with Crippen molar-refractivity contribution in [1.82, 2.24) is 9.97 Å². The molecule has 2 aromatic carbocycles. The summed E-state index contributed by atoms with van der Waals surface area (Å²) in [5.74, 6) is -0.0448. The third-order valence-electron chi connectivity index (χ3n) is 4.91. The van der Waals surface area contributed by atoms with E-state index in [0.717, 1.165) is 26.2 Å². The number of nitrogens with one attached hydrogen (secondary N) is 1. The summed E-state index contributed by atoms with van der Waals surface area (Å²) < 4.78 is 13.7. The second-order valence-corrected chi connectivity index (χ2v) is 6.90. The monoisotopic (exact) mass is 391 g/mol. The molecule has 0 saturated carbocycles. The molecule has 0 atom stereocenters. The lowest BCUT2D eigenvalue weighted by Crippen LogP contribution is -2.47. The van der Waals surface area contributed by atoms with Crippen molar-refractivity contribution in [2.45, 2.75) is 6.42 Å². The van der Waals surface area contributed by atoms with Gasteiger partial charge in [-0.3, -0.25) is 4.79 Å². The number of anilines is 3. The summed E-state index contributed by atoms with van der Waals surface area (Å²) in [7, 11) is 0. The zero-order valence-corrected chi connectivity index (χ0v) is 16.0. The molecule has 1 aliphatic rings. The summed E-state index contributed by atoms with van der Waals surface area (Å²) in [6.45, 7) is 3.45. The zero-order chi connectivity index (χ0) is 20.1. The number of para-hydroxylation sites is 1. The first-order valence-corrected chi connectivity index (χ1v) is 9.59. The molecule has 148 valence electrons. The number of carbonyl (C=O) groups is 1. The predicted molar refractivity (Wildman–Crippen MR) is 112 cm³/mol. The SMILES string of the molecule is O=C(Cc1ccccc1F)Nc1cnc(N2CCN(c3ccccc3)CC2)nc1. The Morgan fingerprint density at radius 1 is 0.897 bits per heavy atom. The molecule has 7 heteroatoms. The van der Waals surface area contributed by atoms with Crippen LogP contribution >= 0.6 is 0 Å². The number of benzene rings is 2. The summed E-state index contributed by atoms with van der Waals surface area (Å²) in [6, 6.07) is 16.6. The Labute approximate surface area is 169 Å². The number of amides is 1. The lowest BCUT2D eigenvalue weighted by atomic mass is 10.1. The summed E-state index contributed by atoms with van der Waals surface area (Å²) in [4.78, 5) is 25.4. The van der Waals surface area contributed by atoms with Gasteiger partial charge in [-0.1, -0.05) is 36.4 Å². The molecule has 0 aliphatic carbocycles. The Bertz CT molecular complexity index is 956. The van der Waals surface area contributed by atoms with Gasteiger partial charge in [0.25, 0.3) is 0 Å². The zero-order valence-electron chi connectivity index (χ0n) is 16.0. The van der Waals surface area contributed by atoms with Crippen LogP contribution in [0.4, 0.5) is 21.7 Å². The predicted octanol–water partition coefficient (Wildman–Crippen LogP) is 3.12. The molecule has 6 nitrogen and oxygen atoms in total. The molecular formula is C22H22FN5O. The highest BCUT2D eigenvalue weighted by molar-refractivity contribution is 5.92. The number of rotatable bonds is 5. The molecule has 1 aromatic heterocycles. The van der Waals surface area contributed by atoms with Gasteiger partial charge in [0.2, 0.25) is 11.9 Å². The van der Waals surface area contributed by atoms with Crippen LogP contribution in [0.1, 0.15) is 5.56 Å². The summed E-state index contributed by atoms with van der Waals surface area (Å²) in [6.07, 6.45) is 3.15. The van der Waals surface area contributed by atoms with Crippen LogP contribution in [-0.2, 0) is 11.2 Å². The van der Waals surface area contributed by atoms with Crippen molar-refractivity contribution < 1.29 is 9.18 Å². The van der Waals surface area contributed by atoms with Crippen molar-refractivity contribution >= 4 is 23.2 Å². The van der Waals surface area contributed by atoms with Crippen molar-refractivity contribution in [2.24, 2.45) is 0 Å². The van der Waals surface area contributed by atoms with E-state index in [1.807, 2.05) is 18.2 Å². The number of hydrogen-bond donors (Lipinski definition) is 1. The molecule has 1 amide bonds. The molecule has 0 unspecified atom stereocenters. The summed E-state index contributed by atoms with van der Waals surface area (Å²) in [5.41, 5.74) is 2.08. The van der Waals surface area contributed by atoms with Gasteiger partial charge in [0.1, 0.15) is 5.82 Å². The van der Waals surface area contributed by atoms with E-state index in [9.17, 15) is 9.18 Å². The van der Waals surface area contributed by atoms with Gasteiger partial charge in [0.05, 0.1) is 24.5 Å². The minimum Gasteiger partial charge on any atom is -0.368 e. The number of piperazine rings is 1. The van der Waals surface area contributed by atoms with Crippen molar-refractivity contribution in [1.29, 1.82) is 0 Å². The molecule has 0 radical (unpaired) electrons. The van der Waals surface area contributed by atoms with Crippen molar-refractivity contribution in [3.05, 3.63) is 78.4 Å². The molecular weight excluding hydrogens is 369 g/mol. The Kier molecular flexibility index (Phi) is 5.65. The number of nitrogens with zero attached hydrogens (tertiary/aromatic N) is 4. The van der Waals surface area contributed by atoms with Crippen LogP contribution in [0.3, 0.4) is 0 Å². The molecule has 1 aliphatic heterocycles. The minimum atomic E-state index is -0.385. The maximum atomic E-state index is 13.7. The molecule has 0 bridgehead atoms. The molecule has 3 aromatic rings. The highest BCUT2D eigenvalue weighted by Crippen LogP contribution is 2.18. The Balaban J connectivity index is 1.31. The molecule has 4 rings (SSSR count). The fourth-order valence-electron chi connectivity index (χ4n) is 3.37. The lowest BCUT2D eigenvalue weighted by molar-refractivity contribution is -0.115. The second-order valence-electron chi connectivity index (χ2n) is 6.90. The van der Waals surface area contributed by atoms with Crippen molar-refractivity contribution in [3.8, 4) is 0 Å². The Morgan fingerprint density at radius 2 is 1.52 bits per heavy atom. The van der Waals surface area contributed by atoms with E-state index in [1.165, 1.54) is 11.8 Å². The van der Waals surface area contributed by atoms with Crippen molar-refractivity contribution in [3.63, 3.8) is 0 Å². The van der Waals surface area contributed by atoms with Crippen LogP contribution < -0.4 is 15.1 Å². The maximum Gasteiger partial charge on any atom is 0.228 e. The molecule has 1 N–H and O–H groups in total. The minimum absolute atomic E-state index is 0.0319. The van der Waals surface area contributed by atoms with Crippen LogP contribution in [-0.4, -0.2) is 42.1 Å².